The molecule has 1 aliphatic heterocycles. The minimum absolute atomic E-state index is 0.466. The third kappa shape index (κ3) is 3.80. The monoisotopic (exact) mass is 374 g/mol. The highest BCUT2D eigenvalue weighted by atomic mass is 32.1. The number of hydrogen-bond donors (Lipinski definition) is 2. The van der Waals surface area contributed by atoms with Crippen LogP contribution in [0.5, 0.6) is 0 Å². The summed E-state index contributed by atoms with van der Waals surface area (Å²) in [5.74, 6) is 0.853. The summed E-state index contributed by atoms with van der Waals surface area (Å²) >= 11 is 3.47. The van der Waals surface area contributed by atoms with Gasteiger partial charge in [-0.3, -0.25) is 9.39 Å². The van der Waals surface area contributed by atoms with Crippen LogP contribution in [0.2, 0.25) is 0 Å². The molecule has 1 saturated heterocycles. The zero-order valence-electron chi connectivity index (χ0n) is 14.2. The van der Waals surface area contributed by atoms with Crippen molar-refractivity contribution >= 4 is 38.6 Å². The number of anilines is 1. The number of guanidine groups is 1. The van der Waals surface area contributed by atoms with Crippen LogP contribution in [0, 0.1) is 0 Å². The van der Waals surface area contributed by atoms with Gasteiger partial charge in [-0.15, -0.1) is 22.7 Å². The number of fused-ring (bicyclic) bond motifs is 1. The quantitative estimate of drug-likeness (QED) is 0.545. The standard InChI is InChI=1S/C17H22N6S2/c1-18-16(19-11-14-12-23-8-10-25-17(23)21-14)20-13-4-6-22(7-5-13)15-3-2-9-24-15/h2-3,8-10,12-13H,4-7,11H2,1H3,(H2,18,19,20). The maximum Gasteiger partial charge on any atom is 0.193 e. The Hall–Kier alpha value is -2.06. The Morgan fingerprint density at radius 1 is 1.32 bits per heavy atom. The van der Waals surface area contributed by atoms with Crippen LogP contribution in [0.1, 0.15) is 18.5 Å². The number of rotatable bonds is 4. The summed E-state index contributed by atoms with van der Waals surface area (Å²) in [6, 6.07) is 4.79. The van der Waals surface area contributed by atoms with Gasteiger partial charge in [0, 0.05) is 44.0 Å². The molecule has 0 atom stereocenters. The van der Waals surface area contributed by atoms with E-state index in [0.717, 1.165) is 42.5 Å². The molecule has 0 spiro atoms. The first-order valence-corrected chi connectivity index (χ1v) is 10.2. The lowest BCUT2D eigenvalue weighted by Gasteiger charge is -2.33. The number of nitrogens with one attached hydrogen (secondary N) is 2. The molecule has 8 heteroatoms. The molecule has 132 valence electrons. The van der Waals surface area contributed by atoms with Gasteiger partial charge < -0.3 is 15.5 Å². The van der Waals surface area contributed by atoms with Crippen molar-refractivity contribution < 1.29 is 0 Å². The van der Waals surface area contributed by atoms with Gasteiger partial charge >= 0.3 is 0 Å². The van der Waals surface area contributed by atoms with Crippen molar-refractivity contribution in [3.63, 3.8) is 0 Å². The van der Waals surface area contributed by atoms with Crippen LogP contribution in [0.25, 0.3) is 4.96 Å². The molecule has 4 rings (SSSR count). The lowest BCUT2D eigenvalue weighted by atomic mass is 10.1. The zero-order chi connectivity index (χ0) is 17.1. The second-order valence-electron chi connectivity index (χ2n) is 6.11. The number of thiophene rings is 1. The number of nitrogens with zero attached hydrogens (tertiary/aromatic N) is 4. The van der Waals surface area contributed by atoms with E-state index in [4.69, 9.17) is 0 Å². The second-order valence-corrected chi connectivity index (χ2v) is 7.91. The molecule has 6 nitrogen and oxygen atoms in total. The van der Waals surface area contributed by atoms with Gasteiger partial charge in [0.2, 0.25) is 0 Å². The molecule has 2 N–H and O–H groups in total. The summed E-state index contributed by atoms with van der Waals surface area (Å²) in [4.78, 5) is 12.5. The van der Waals surface area contributed by atoms with Gasteiger partial charge in [0.15, 0.2) is 10.9 Å². The maximum absolute atomic E-state index is 4.59. The number of thiazole rings is 1. The van der Waals surface area contributed by atoms with Crippen molar-refractivity contribution in [1.82, 2.24) is 20.0 Å². The third-order valence-corrected chi connectivity index (χ3v) is 6.16. The van der Waals surface area contributed by atoms with Crippen LogP contribution in [0.3, 0.4) is 0 Å². The molecule has 0 unspecified atom stereocenters. The van der Waals surface area contributed by atoms with E-state index >= 15 is 0 Å². The van der Waals surface area contributed by atoms with Crippen molar-refractivity contribution in [3.05, 3.63) is 41.0 Å². The molecular formula is C17H22N6S2. The Balaban J connectivity index is 1.27. The van der Waals surface area contributed by atoms with Crippen LogP contribution in [0.15, 0.2) is 40.3 Å². The first-order valence-electron chi connectivity index (χ1n) is 8.48. The summed E-state index contributed by atoms with van der Waals surface area (Å²) < 4.78 is 2.05. The molecule has 0 bridgehead atoms. The lowest BCUT2D eigenvalue weighted by Crippen LogP contribution is -2.48. The Morgan fingerprint density at radius 2 is 2.20 bits per heavy atom. The predicted octanol–water partition coefficient (Wildman–Crippen LogP) is 2.79. The van der Waals surface area contributed by atoms with Gasteiger partial charge in [-0.25, -0.2) is 4.98 Å². The van der Waals surface area contributed by atoms with Crippen LogP contribution in [-0.2, 0) is 6.54 Å². The van der Waals surface area contributed by atoms with Crippen molar-refractivity contribution in [2.75, 3.05) is 25.0 Å². The average molecular weight is 375 g/mol. The number of hydrogen-bond acceptors (Lipinski definition) is 5. The van der Waals surface area contributed by atoms with Gasteiger partial charge in [-0.05, 0) is 30.4 Å². The topological polar surface area (TPSA) is 57.0 Å². The van der Waals surface area contributed by atoms with E-state index < -0.39 is 0 Å². The Morgan fingerprint density at radius 3 is 2.92 bits per heavy atom. The minimum atomic E-state index is 0.466. The number of imidazole rings is 1. The van der Waals surface area contributed by atoms with E-state index in [9.17, 15) is 0 Å². The molecule has 0 saturated carbocycles. The van der Waals surface area contributed by atoms with Crippen molar-refractivity contribution in [3.8, 4) is 0 Å². The van der Waals surface area contributed by atoms with Crippen molar-refractivity contribution in [1.29, 1.82) is 0 Å². The molecule has 1 fully saturated rings. The molecule has 25 heavy (non-hydrogen) atoms. The van der Waals surface area contributed by atoms with Crippen molar-refractivity contribution in [2.24, 2.45) is 4.99 Å². The first-order chi connectivity index (χ1) is 12.3. The van der Waals surface area contributed by atoms with E-state index in [1.807, 2.05) is 30.0 Å². The summed E-state index contributed by atoms with van der Waals surface area (Å²) in [6.45, 7) is 2.86. The normalized spacial score (nSPS) is 16.5. The van der Waals surface area contributed by atoms with Gasteiger partial charge in [-0.1, -0.05) is 0 Å². The molecule has 3 aromatic rings. The number of piperidine rings is 1. The molecule has 1 aliphatic rings. The average Bonchev–Trinajstić information content (AvgIpc) is 3.36. The van der Waals surface area contributed by atoms with Crippen LogP contribution >= 0.6 is 22.7 Å². The SMILES string of the molecule is CN=C(NCc1cn2ccsc2n1)NC1CCN(c2cccs2)CC1. The predicted molar refractivity (Wildman–Crippen MR) is 106 cm³/mol. The largest absolute Gasteiger partial charge is 0.363 e. The van der Waals surface area contributed by atoms with E-state index in [2.05, 4.69) is 53.6 Å². The van der Waals surface area contributed by atoms with E-state index in [1.54, 1.807) is 11.3 Å². The smallest absolute Gasteiger partial charge is 0.193 e. The van der Waals surface area contributed by atoms with Gasteiger partial charge in [0.05, 0.1) is 17.2 Å². The van der Waals surface area contributed by atoms with Crippen molar-refractivity contribution in [2.45, 2.75) is 25.4 Å². The fourth-order valence-electron chi connectivity index (χ4n) is 3.12. The Bertz CT molecular complexity index is 798. The fourth-order valence-corrected chi connectivity index (χ4v) is 4.62. The van der Waals surface area contributed by atoms with E-state index in [0.29, 0.717) is 12.6 Å². The number of aliphatic imine (C=N–C) groups is 1. The molecule has 4 heterocycles. The van der Waals surface area contributed by atoms with Crippen LogP contribution in [-0.4, -0.2) is 41.5 Å². The minimum Gasteiger partial charge on any atom is -0.363 e. The van der Waals surface area contributed by atoms with Crippen LogP contribution < -0.4 is 15.5 Å². The zero-order valence-corrected chi connectivity index (χ0v) is 15.8. The lowest BCUT2D eigenvalue weighted by molar-refractivity contribution is 0.462. The highest BCUT2D eigenvalue weighted by Gasteiger charge is 2.20. The summed E-state index contributed by atoms with van der Waals surface area (Å²) in [6.07, 6.45) is 6.34. The summed E-state index contributed by atoms with van der Waals surface area (Å²) in [5, 5.41) is 12.5. The van der Waals surface area contributed by atoms with Gasteiger partial charge in [-0.2, -0.15) is 0 Å². The second kappa shape index (κ2) is 7.45. The van der Waals surface area contributed by atoms with E-state index in [-0.39, 0.29) is 0 Å². The molecular weight excluding hydrogens is 352 g/mol. The highest BCUT2D eigenvalue weighted by molar-refractivity contribution is 7.15. The summed E-state index contributed by atoms with van der Waals surface area (Å²) in [5.41, 5.74) is 1.03. The summed E-state index contributed by atoms with van der Waals surface area (Å²) in [7, 11) is 1.82. The molecule has 0 radical (unpaired) electrons. The molecule has 3 aromatic heterocycles. The third-order valence-electron chi connectivity index (χ3n) is 4.46. The molecule has 0 aromatic carbocycles. The first kappa shape index (κ1) is 16.4. The maximum atomic E-state index is 4.59. The Labute approximate surface area is 155 Å². The Kier molecular flexibility index (Phi) is 4.89. The molecule has 0 aliphatic carbocycles. The highest BCUT2D eigenvalue weighted by Crippen LogP contribution is 2.24. The van der Waals surface area contributed by atoms with Gasteiger partial charge in [0.25, 0.3) is 0 Å². The van der Waals surface area contributed by atoms with Gasteiger partial charge in [0.1, 0.15) is 0 Å². The fraction of sp³-hybridized carbons (Fsp3) is 0.412. The molecule has 0 amide bonds. The van der Waals surface area contributed by atoms with Crippen LogP contribution in [0.4, 0.5) is 5.00 Å². The van der Waals surface area contributed by atoms with E-state index in [1.165, 1.54) is 5.00 Å². The number of aromatic nitrogens is 2.